The number of ether oxygens (including phenoxy) is 1. The van der Waals surface area contributed by atoms with Gasteiger partial charge in [0, 0.05) is 5.56 Å². The van der Waals surface area contributed by atoms with Crippen LogP contribution in [0, 0.1) is 0 Å². The highest BCUT2D eigenvalue weighted by Gasteiger charge is 2.16. The van der Waals surface area contributed by atoms with Gasteiger partial charge in [-0.05, 0) is 12.1 Å². The van der Waals surface area contributed by atoms with Crippen molar-refractivity contribution in [3.05, 3.63) is 29.8 Å². The van der Waals surface area contributed by atoms with Crippen molar-refractivity contribution in [3.63, 3.8) is 0 Å². The molecule has 1 amide bonds. The van der Waals surface area contributed by atoms with Gasteiger partial charge in [0.05, 0.1) is 19.2 Å². The van der Waals surface area contributed by atoms with E-state index in [9.17, 15) is 4.79 Å². The van der Waals surface area contributed by atoms with Crippen LogP contribution in [0.2, 0.25) is 0 Å². The highest BCUT2D eigenvalue weighted by atomic mass is 16.5. The minimum absolute atomic E-state index is 0.0668. The number of carbonyl (C=O) groups excluding carboxylic acids is 1. The van der Waals surface area contributed by atoms with Crippen LogP contribution in [0.3, 0.4) is 0 Å². The number of nitrogens with one attached hydrogen (secondary N) is 1. The van der Waals surface area contributed by atoms with Crippen molar-refractivity contribution in [2.45, 2.75) is 6.42 Å². The Bertz CT molecular complexity index is 399. The van der Waals surface area contributed by atoms with E-state index >= 15 is 0 Å². The lowest BCUT2D eigenvalue weighted by Gasteiger charge is -2.02. The third kappa shape index (κ3) is 1.59. The summed E-state index contributed by atoms with van der Waals surface area (Å²) in [5, 5.41) is 3.92. The Morgan fingerprint density at radius 3 is 3.00 bits per heavy atom. The second-order valence-electron chi connectivity index (χ2n) is 3.00. The fourth-order valence-corrected chi connectivity index (χ4v) is 1.33. The highest BCUT2D eigenvalue weighted by molar-refractivity contribution is 6.13. The van der Waals surface area contributed by atoms with Crippen LogP contribution < -0.4 is 10.2 Å². The molecule has 0 saturated heterocycles. The van der Waals surface area contributed by atoms with Crippen molar-refractivity contribution in [2.75, 3.05) is 7.11 Å². The summed E-state index contributed by atoms with van der Waals surface area (Å²) >= 11 is 0. The van der Waals surface area contributed by atoms with Crippen LogP contribution in [0.4, 0.5) is 0 Å². The lowest BCUT2D eigenvalue weighted by Crippen LogP contribution is -2.09. The normalized spacial score (nSPS) is 14.9. The maximum Gasteiger partial charge on any atom is 0.246 e. The zero-order valence-electron chi connectivity index (χ0n) is 7.78. The molecular weight excluding hydrogens is 180 g/mol. The number of rotatable bonds is 2. The molecule has 1 heterocycles. The summed E-state index contributed by atoms with van der Waals surface area (Å²) in [6.45, 7) is 0. The first-order chi connectivity index (χ1) is 6.79. The van der Waals surface area contributed by atoms with Crippen molar-refractivity contribution in [2.24, 2.45) is 5.10 Å². The number of hydrogen-bond acceptors (Lipinski definition) is 3. The maximum atomic E-state index is 10.9. The molecule has 0 atom stereocenters. The average Bonchev–Trinajstić information content (AvgIpc) is 2.65. The number of methoxy groups -OCH3 is 1. The number of benzene rings is 1. The van der Waals surface area contributed by atoms with Crippen LogP contribution in [0.15, 0.2) is 29.4 Å². The van der Waals surface area contributed by atoms with E-state index in [1.807, 2.05) is 24.3 Å². The van der Waals surface area contributed by atoms with E-state index in [2.05, 4.69) is 10.5 Å². The van der Waals surface area contributed by atoms with Gasteiger partial charge in [0.2, 0.25) is 5.91 Å². The lowest BCUT2D eigenvalue weighted by atomic mass is 10.1. The molecule has 1 aliphatic rings. The van der Waals surface area contributed by atoms with E-state index in [1.54, 1.807) is 7.11 Å². The Kier molecular flexibility index (Phi) is 2.18. The second kappa shape index (κ2) is 3.49. The molecule has 0 unspecified atom stereocenters. The van der Waals surface area contributed by atoms with Crippen LogP contribution in [0.1, 0.15) is 12.0 Å². The molecule has 0 aromatic heterocycles. The molecule has 0 aliphatic carbocycles. The summed E-state index contributed by atoms with van der Waals surface area (Å²) in [5.41, 5.74) is 4.09. The Hall–Kier alpha value is -1.84. The zero-order chi connectivity index (χ0) is 9.97. The topological polar surface area (TPSA) is 50.7 Å². The van der Waals surface area contributed by atoms with E-state index < -0.39 is 0 Å². The third-order valence-electron chi connectivity index (χ3n) is 2.05. The predicted molar refractivity (Wildman–Crippen MR) is 52.3 cm³/mol. The van der Waals surface area contributed by atoms with Crippen LogP contribution in [0.25, 0.3) is 0 Å². The molecule has 2 rings (SSSR count). The van der Waals surface area contributed by atoms with Gasteiger partial charge in [-0.1, -0.05) is 12.1 Å². The Balaban J connectivity index is 2.28. The first-order valence-corrected chi connectivity index (χ1v) is 4.29. The van der Waals surface area contributed by atoms with Gasteiger partial charge in [0.1, 0.15) is 5.75 Å². The Morgan fingerprint density at radius 2 is 2.36 bits per heavy atom. The molecule has 0 spiro atoms. The second-order valence-corrected chi connectivity index (χ2v) is 3.00. The van der Waals surface area contributed by atoms with E-state index in [0.29, 0.717) is 6.42 Å². The molecule has 4 heteroatoms. The molecule has 0 radical (unpaired) electrons. The van der Waals surface area contributed by atoms with Crippen LogP contribution >= 0.6 is 0 Å². The van der Waals surface area contributed by atoms with Crippen molar-refractivity contribution in [1.29, 1.82) is 0 Å². The number of nitrogens with zero attached hydrogens (tertiary/aromatic N) is 1. The summed E-state index contributed by atoms with van der Waals surface area (Å²) in [6, 6.07) is 7.49. The zero-order valence-corrected chi connectivity index (χ0v) is 7.78. The molecular formula is C10H10N2O2. The summed E-state index contributed by atoms with van der Waals surface area (Å²) in [5.74, 6) is 0.701. The van der Waals surface area contributed by atoms with Gasteiger partial charge in [-0.3, -0.25) is 4.79 Å². The van der Waals surface area contributed by atoms with Crippen LogP contribution in [0.5, 0.6) is 5.75 Å². The van der Waals surface area contributed by atoms with Gasteiger partial charge < -0.3 is 4.74 Å². The molecule has 14 heavy (non-hydrogen) atoms. The Morgan fingerprint density at radius 1 is 1.50 bits per heavy atom. The first-order valence-electron chi connectivity index (χ1n) is 4.29. The summed E-state index contributed by atoms with van der Waals surface area (Å²) < 4.78 is 5.08. The highest BCUT2D eigenvalue weighted by Crippen LogP contribution is 2.15. The molecule has 0 bridgehead atoms. The standard InChI is InChI=1S/C10H10N2O2/c1-14-8-4-2-3-7(5-8)9-6-10(13)12-11-9/h2-5H,6H2,1H3,(H,12,13). The average molecular weight is 190 g/mol. The third-order valence-corrected chi connectivity index (χ3v) is 2.05. The minimum Gasteiger partial charge on any atom is -0.497 e. The minimum atomic E-state index is -0.0668. The molecule has 72 valence electrons. The Labute approximate surface area is 81.6 Å². The van der Waals surface area contributed by atoms with Crippen molar-refractivity contribution in [1.82, 2.24) is 5.43 Å². The number of hydrazone groups is 1. The van der Waals surface area contributed by atoms with Crippen LogP contribution in [-0.4, -0.2) is 18.7 Å². The predicted octanol–water partition coefficient (Wildman–Crippen LogP) is 0.919. The van der Waals surface area contributed by atoms with E-state index in [1.165, 1.54) is 0 Å². The molecule has 1 N–H and O–H groups in total. The fourth-order valence-electron chi connectivity index (χ4n) is 1.33. The van der Waals surface area contributed by atoms with Gasteiger partial charge in [0.15, 0.2) is 0 Å². The summed E-state index contributed by atoms with van der Waals surface area (Å²) in [4.78, 5) is 10.9. The van der Waals surface area contributed by atoms with Gasteiger partial charge in [-0.25, -0.2) is 5.43 Å². The number of hydrogen-bond donors (Lipinski definition) is 1. The smallest absolute Gasteiger partial charge is 0.246 e. The summed E-state index contributed by atoms with van der Waals surface area (Å²) in [6.07, 6.45) is 0.340. The molecule has 0 saturated carbocycles. The number of amides is 1. The quantitative estimate of drug-likeness (QED) is 0.753. The number of carbonyl (C=O) groups is 1. The van der Waals surface area contributed by atoms with Crippen LogP contribution in [-0.2, 0) is 4.79 Å². The monoisotopic (exact) mass is 190 g/mol. The van der Waals surface area contributed by atoms with E-state index in [-0.39, 0.29) is 5.91 Å². The van der Waals surface area contributed by atoms with Gasteiger partial charge in [0.25, 0.3) is 0 Å². The molecule has 1 aromatic carbocycles. The lowest BCUT2D eigenvalue weighted by molar-refractivity contribution is -0.119. The largest absolute Gasteiger partial charge is 0.497 e. The molecule has 4 nitrogen and oxygen atoms in total. The van der Waals surface area contributed by atoms with Crippen molar-refractivity contribution < 1.29 is 9.53 Å². The molecule has 1 aromatic rings. The maximum absolute atomic E-state index is 10.9. The van der Waals surface area contributed by atoms with Gasteiger partial charge >= 0.3 is 0 Å². The fraction of sp³-hybridized carbons (Fsp3) is 0.200. The molecule has 0 fully saturated rings. The van der Waals surface area contributed by atoms with Crippen molar-refractivity contribution >= 4 is 11.6 Å². The van der Waals surface area contributed by atoms with Gasteiger partial charge in [-0.2, -0.15) is 5.10 Å². The van der Waals surface area contributed by atoms with Gasteiger partial charge in [-0.15, -0.1) is 0 Å². The SMILES string of the molecule is COc1cccc(C2=NNC(=O)C2)c1. The van der Waals surface area contributed by atoms with E-state index in [0.717, 1.165) is 17.0 Å². The first kappa shape index (κ1) is 8.74. The van der Waals surface area contributed by atoms with E-state index in [4.69, 9.17) is 4.74 Å². The van der Waals surface area contributed by atoms with Crippen molar-refractivity contribution in [3.8, 4) is 5.75 Å². The summed E-state index contributed by atoms with van der Waals surface area (Å²) in [7, 11) is 1.61. The molecule has 1 aliphatic heterocycles.